The van der Waals surface area contributed by atoms with Crippen molar-refractivity contribution in [3.05, 3.63) is 64.0 Å². The smallest absolute Gasteiger partial charge is 0.0702 e. The number of pyridine rings is 1. The van der Waals surface area contributed by atoms with Crippen LogP contribution in [-0.4, -0.2) is 12.0 Å². The predicted octanol–water partition coefficient (Wildman–Crippen LogP) is 3.91. The lowest BCUT2D eigenvalue weighted by Crippen LogP contribution is -2.16. The summed E-state index contributed by atoms with van der Waals surface area (Å²) < 4.78 is 0. The van der Waals surface area contributed by atoms with Gasteiger partial charge in [-0.25, -0.2) is 0 Å². The van der Waals surface area contributed by atoms with Crippen molar-refractivity contribution in [2.24, 2.45) is 0 Å². The second-order valence-corrected chi connectivity index (χ2v) is 5.95. The summed E-state index contributed by atoms with van der Waals surface area (Å²) in [4.78, 5) is 7.21. The normalized spacial score (nSPS) is 12.7. The number of nitrogens with one attached hydrogen (secondary N) is 1. The molecule has 19 heavy (non-hydrogen) atoms. The molecule has 3 aromatic rings. The fraction of sp³-hybridized carbons (Fsp3) is 0.188. The minimum Gasteiger partial charge on any atom is -0.309 e. The first kappa shape index (κ1) is 12.3. The van der Waals surface area contributed by atoms with E-state index in [1.165, 1.54) is 20.7 Å². The number of thiophene rings is 1. The molecule has 0 bridgehead atoms. The van der Waals surface area contributed by atoms with Crippen molar-refractivity contribution in [1.82, 2.24) is 10.3 Å². The first-order chi connectivity index (χ1) is 9.28. The van der Waals surface area contributed by atoms with Crippen molar-refractivity contribution in [3.63, 3.8) is 0 Å². The molecule has 0 aliphatic heterocycles. The number of fused-ring (bicyclic) bond motifs is 1. The Kier molecular flexibility index (Phi) is 3.32. The summed E-state index contributed by atoms with van der Waals surface area (Å²) in [7, 11) is 1.99. The van der Waals surface area contributed by atoms with E-state index in [0.717, 1.165) is 5.52 Å². The summed E-state index contributed by atoms with van der Waals surface area (Å²) in [6.45, 7) is 2.14. The largest absolute Gasteiger partial charge is 0.309 e. The van der Waals surface area contributed by atoms with Crippen LogP contribution in [0.4, 0.5) is 0 Å². The minimum atomic E-state index is 0.218. The van der Waals surface area contributed by atoms with Gasteiger partial charge in [0.05, 0.1) is 11.6 Å². The van der Waals surface area contributed by atoms with Crippen LogP contribution in [0.25, 0.3) is 10.9 Å². The van der Waals surface area contributed by atoms with Crippen molar-refractivity contribution in [2.75, 3.05) is 7.05 Å². The van der Waals surface area contributed by atoms with Crippen LogP contribution in [-0.2, 0) is 0 Å². The summed E-state index contributed by atoms with van der Waals surface area (Å²) in [5.41, 5.74) is 2.26. The molecular formula is C16H16N2S. The molecule has 1 N–H and O–H groups in total. The summed E-state index contributed by atoms with van der Waals surface area (Å²) in [5.74, 6) is 0. The fourth-order valence-electron chi connectivity index (χ4n) is 2.33. The van der Waals surface area contributed by atoms with Gasteiger partial charge in [-0.05, 0) is 43.8 Å². The molecule has 0 amide bonds. The molecule has 1 unspecified atom stereocenters. The topological polar surface area (TPSA) is 24.9 Å². The first-order valence-electron chi connectivity index (χ1n) is 6.36. The second-order valence-electron chi connectivity index (χ2n) is 4.63. The second kappa shape index (κ2) is 5.11. The van der Waals surface area contributed by atoms with Gasteiger partial charge in [-0.2, -0.15) is 0 Å². The molecule has 0 saturated carbocycles. The van der Waals surface area contributed by atoms with E-state index in [-0.39, 0.29) is 6.04 Å². The third-order valence-corrected chi connectivity index (χ3v) is 4.34. The highest BCUT2D eigenvalue weighted by atomic mass is 32.1. The molecule has 0 spiro atoms. The first-order valence-corrected chi connectivity index (χ1v) is 7.18. The molecule has 2 heterocycles. The van der Waals surface area contributed by atoms with Gasteiger partial charge < -0.3 is 5.32 Å². The number of aryl methyl sites for hydroxylation is 1. The number of aromatic nitrogens is 1. The lowest BCUT2D eigenvalue weighted by Gasteiger charge is -2.15. The molecule has 2 aromatic heterocycles. The lowest BCUT2D eigenvalue weighted by molar-refractivity contribution is 0.702. The summed E-state index contributed by atoms with van der Waals surface area (Å²) >= 11 is 1.83. The molecule has 0 saturated heterocycles. The molecule has 96 valence electrons. The van der Waals surface area contributed by atoms with E-state index in [1.54, 1.807) is 0 Å². The van der Waals surface area contributed by atoms with Crippen LogP contribution in [0.5, 0.6) is 0 Å². The number of rotatable bonds is 3. The zero-order valence-electron chi connectivity index (χ0n) is 11.1. The molecule has 0 fully saturated rings. The van der Waals surface area contributed by atoms with E-state index < -0.39 is 0 Å². The average molecular weight is 268 g/mol. The van der Waals surface area contributed by atoms with Gasteiger partial charge in [0.15, 0.2) is 0 Å². The van der Waals surface area contributed by atoms with Crippen molar-refractivity contribution in [1.29, 1.82) is 0 Å². The summed E-state index contributed by atoms with van der Waals surface area (Å²) in [6, 6.07) is 15.0. The average Bonchev–Trinajstić information content (AvgIpc) is 2.86. The fourth-order valence-corrected chi connectivity index (χ4v) is 3.34. The van der Waals surface area contributed by atoms with Gasteiger partial charge in [0.1, 0.15) is 0 Å². The van der Waals surface area contributed by atoms with E-state index in [9.17, 15) is 0 Å². The van der Waals surface area contributed by atoms with Crippen molar-refractivity contribution in [2.45, 2.75) is 13.0 Å². The summed E-state index contributed by atoms with van der Waals surface area (Å²) in [5, 5.41) is 4.57. The Morgan fingerprint density at radius 1 is 1.16 bits per heavy atom. The zero-order valence-corrected chi connectivity index (χ0v) is 11.9. The molecule has 0 aliphatic carbocycles. The SMILES string of the molecule is CNC(c1cnc2ccccc2c1)c1ccc(C)s1. The Morgan fingerprint density at radius 3 is 2.74 bits per heavy atom. The van der Waals surface area contributed by atoms with Crippen LogP contribution >= 0.6 is 11.3 Å². The van der Waals surface area contributed by atoms with Crippen LogP contribution in [0.15, 0.2) is 48.7 Å². The van der Waals surface area contributed by atoms with Crippen LogP contribution in [0.3, 0.4) is 0 Å². The van der Waals surface area contributed by atoms with Crippen LogP contribution in [0, 0.1) is 6.92 Å². The van der Waals surface area contributed by atoms with E-state index in [1.807, 2.05) is 36.7 Å². The van der Waals surface area contributed by atoms with Gasteiger partial charge >= 0.3 is 0 Å². The van der Waals surface area contributed by atoms with Crippen molar-refractivity contribution >= 4 is 22.2 Å². The third-order valence-electron chi connectivity index (χ3n) is 3.28. The Bertz CT molecular complexity index is 703. The van der Waals surface area contributed by atoms with Gasteiger partial charge in [-0.15, -0.1) is 11.3 Å². The molecule has 1 aromatic carbocycles. The van der Waals surface area contributed by atoms with Gasteiger partial charge in [-0.1, -0.05) is 18.2 Å². The maximum absolute atomic E-state index is 4.55. The van der Waals surface area contributed by atoms with E-state index in [0.29, 0.717) is 0 Å². The highest BCUT2D eigenvalue weighted by molar-refractivity contribution is 7.12. The molecule has 3 rings (SSSR count). The van der Waals surface area contributed by atoms with Crippen LogP contribution in [0.1, 0.15) is 21.4 Å². The highest BCUT2D eigenvalue weighted by Crippen LogP contribution is 2.29. The standard InChI is InChI=1S/C16H16N2S/c1-11-7-8-15(19-11)16(17-2)13-9-12-5-3-4-6-14(12)18-10-13/h3-10,16-17H,1-2H3. The van der Waals surface area contributed by atoms with Gasteiger partial charge in [0.2, 0.25) is 0 Å². The number of hydrogen-bond donors (Lipinski definition) is 1. The monoisotopic (exact) mass is 268 g/mol. The van der Waals surface area contributed by atoms with Crippen LogP contribution in [0.2, 0.25) is 0 Å². The molecule has 1 atom stereocenters. The minimum absolute atomic E-state index is 0.218. The molecular weight excluding hydrogens is 252 g/mol. The molecule has 3 heteroatoms. The summed E-state index contributed by atoms with van der Waals surface area (Å²) in [6.07, 6.45) is 1.97. The Balaban J connectivity index is 2.06. The van der Waals surface area contributed by atoms with E-state index >= 15 is 0 Å². The molecule has 2 nitrogen and oxygen atoms in total. The van der Waals surface area contributed by atoms with E-state index in [2.05, 4.69) is 47.6 Å². The number of nitrogens with zero attached hydrogens (tertiary/aromatic N) is 1. The Labute approximate surface area is 117 Å². The lowest BCUT2D eigenvalue weighted by atomic mass is 10.1. The quantitative estimate of drug-likeness (QED) is 0.779. The van der Waals surface area contributed by atoms with Gasteiger partial charge in [0, 0.05) is 21.3 Å². The number of benzene rings is 1. The molecule has 0 aliphatic rings. The Hall–Kier alpha value is -1.71. The van der Waals surface area contributed by atoms with Crippen molar-refractivity contribution < 1.29 is 0 Å². The van der Waals surface area contributed by atoms with Crippen molar-refractivity contribution in [3.8, 4) is 0 Å². The Morgan fingerprint density at radius 2 is 2.00 bits per heavy atom. The highest BCUT2D eigenvalue weighted by Gasteiger charge is 2.14. The molecule has 0 radical (unpaired) electrons. The van der Waals surface area contributed by atoms with Crippen LogP contribution < -0.4 is 5.32 Å². The van der Waals surface area contributed by atoms with Gasteiger partial charge in [0.25, 0.3) is 0 Å². The number of hydrogen-bond acceptors (Lipinski definition) is 3. The van der Waals surface area contributed by atoms with Gasteiger partial charge in [-0.3, -0.25) is 4.98 Å². The third kappa shape index (κ3) is 2.39. The predicted molar refractivity (Wildman–Crippen MR) is 81.7 cm³/mol. The van der Waals surface area contributed by atoms with E-state index in [4.69, 9.17) is 0 Å². The zero-order chi connectivity index (χ0) is 13.2. The maximum atomic E-state index is 4.55. The maximum Gasteiger partial charge on any atom is 0.0702 e. The number of para-hydroxylation sites is 1.